The van der Waals surface area contributed by atoms with Crippen LogP contribution in [0, 0.1) is 0 Å². The molecule has 0 spiro atoms. The van der Waals surface area contributed by atoms with E-state index in [1.54, 1.807) is 6.92 Å². The third-order valence-electron chi connectivity index (χ3n) is 6.15. The number of carbonyl (C=O) groups excluding carboxylic acids is 2. The monoisotopic (exact) mass is 468 g/mol. The van der Waals surface area contributed by atoms with Gasteiger partial charge in [0, 0.05) is 19.1 Å². The number of carboxylic acid groups (broad SMARTS) is 1. The van der Waals surface area contributed by atoms with Crippen molar-refractivity contribution in [3.8, 4) is 11.1 Å². The predicted molar refractivity (Wildman–Crippen MR) is 128 cm³/mol. The summed E-state index contributed by atoms with van der Waals surface area (Å²) in [6.45, 7) is 3.68. The summed E-state index contributed by atoms with van der Waals surface area (Å²) in [7, 11) is 1.44. The number of benzene rings is 2. The van der Waals surface area contributed by atoms with Crippen molar-refractivity contribution >= 4 is 18.0 Å². The zero-order valence-electron chi connectivity index (χ0n) is 19.7. The van der Waals surface area contributed by atoms with Crippen LogP contribution in [0.1, 0.15) is 50.2 Å². The van der Waals surface area contributed by atoms with Crippen molar-refractivity contribution in [1.29, 1.82) is 0 Å². The molecule has 8 heteroatoms. The second-order valence-electron chi connectivity index (χ2n) is 8.48. The van der Waals surface area contributed by atoms with Crippen LogP contribution < -0.4 is 10.6 Å². The van der Waals surface area contributed by atoms with Gasteiger partial charge in [-0.1, -0.05) is 61.9 Å². The van der Waals surface area contributed by atoms with Crippen molar-refractivity contribution in [3.63, 3.8) is 0 Å². The van der Waals surface area contributed by atoms with Crippen LogP contribution in [-0.2, 0) is 19.1 Å². The van der Waals surface area contributed by atoms with E-state index in [9.17, 15) is 14.4 Å². The zero-order valence-corrected chi connectivity index (χ0v) is 19.7. The largest absolute Gasteiger partial charge is 0.481 e. The Hall–Kier alpha value is -3.39. The van der Waals surface area contributed by atoms with Crippen molar-refractivity contribution in [2.75, 3.05) is 13.7 Å². The van der Waals surface area contributed by atoms with Gasteiger partial charge < -0.3 is 25.2 Å². The van der Waals surface area contributed by atoms with Crippen LogP contribution in [0.3, 0.4) is 0 Å². The summed E-state index contributed by atoms with van der Waals surface area (Å²) in [6.07, 6.45) is -0.359. The quantitative estimate of drug-likeness (QED) is 0.464. The molecular formula is C26H32N2O6. The van der Waals surface area contributed by atoms with Gasteiger partial charge in [-0.05, 0) is 35.6 Å². The number of fused-ring (bicyclic) bond motifs is 3. The highest BCUT2D eigenvalue weighted by molar-refractivity contribution is 5.87. The van der Waals surface area contributed by atoms with Crippen LogP contribution in [0.25, 0.3) is 11.1 Å². The summed E-state index contributed by atoms with van der Waals surface area (Å²) in [6, 6.07) is 14.5. The Balaban J connectivity index is 1.66. The van der Waals surface area contributed by atoms with E-state index in [0.717, 1.165) is 22.3 Å². The molecule has 182 valence electrons. The molecule has 0 radical (unpaired) electrons. The molecule has 2 aromatic rings. The molecule has 0 fully saturated rings. The Bertz CT molecular complexity index is 978. The second-order valence-corrected chi connectivity index (χ2v) is 8.48. The molecule has 8 nitrogen and oxygen atoms in total. The predicted octanol–water partition coefficient (Wildman–Crippen LogP) is 3.69. The van der Waals surface area contributed by atoms with Gasteiger partial charge in [0.05, 0.1) is 12.5 Å². The number of carboxylic acids is 1. The molecular weight excluding hydrogens is 436 g/mol. The van der Waals surface area contributed by atoms with Gasteiger partial charge in [-0.3, -0.25) is 9.59 Å². The number of carbonyl (C=O) groups is 3. The first-order valence-electron chi connectivity index (χ1n) is 11.5. The van der Waals surface area contributed by atoms with Crippen LogP contribution >= 0.6 is 0 Å². The third kappa shape index (κ3) is 5.94. The lowest BCUT2D eigenvalue weighted by molar-refractivity contribution is -0.138. The summed E-state index contributed by atoms with van der Waals surface area (Å²) in [5.74, 6) is -1.61. The fourth-order valence-electron chi connectivity index (χ4n) is 4.37. The molecule has 3 N–H and O–H groups in total. The average Bonchev–Trinajstić information content (AvgIpc) is 3.14. The minimum atomic E-state index is -1.03. The van der Waals surface area contributed by atoms with Crippen LogP contribution in [-0.4, -0.2) is 55.0 Å². The molecule has 2 amide bonds. The average molecular weight is 469 g/mol. The van der Waals surface area contributed by atoms with Gasteiger partial charge in [-0.25, -0.2) is 4.79 Å². The third-order valence-corrected chi connectivity index (χ3v) is 6.15. The van der Waals surface area contributed by atoms with E-state index in [1.807, 2.05) is 43.3 Å². The molecule has 0 bridgehead atoms. The van der Waals surface area contributed by atoms with E-state index in [2.05, 4.69) is 22.8 Å². The number of hydrogen-bond acceptors (Lipinski definition) is 5. The van der Waals surface area contributed by atoms with Crippen molar-refractivity contribution < 1.29 is 29.0 Å². The van der Waals surface area contributed by atoms with Gasteiger partial charge in [0.1, 0.15) is 12.6 Å². The Kier molecular flexibility index (Phi) is 8.65. The first-order chi connectivity index (χ1) is 16.3. The van der Waals surface area contributed by atoms with E-state index in [4.69, 9.17) is 14.6 Å². The zero-order chi connectivity index (χ0) is 24.7. The number of amides is 2. The first kappa shape index (κ1) is 25.2. The topological polar surface area (TPSA) is 114 Å². The second kappa shape index (κ2) is 11.7. The summed E-state index contributed by atoms with van der Waals surface area (Å²) in [5.41, 5.74) is 4.43. The Morgan fingerprint density at radius 3 is 2.12 bits per heavy atom. The van der Waals surface area contributed by atoms with Gasteiger partial charge in [-0.2, -0.15) is 0 Å². The number of ether oxygens (including phenoxy) is 2. The number of rotatable bonds is 11. The van der Waals surface area contributed by atoms with Crippen LogP contribution in [0.5, 0.6) is 0 Å². The lowest BCUT2D eigenvalue weighted by Crippen LogP contribution is -2.55. The maximum Gasteiger partial charge on any atom is 0.407 e. The molecule has 0 saturated heterocycles. The highest BCUT2D eigenvalue weighted by Gasteiger charge is 2.32. The minimum Gasteiger partial charge on any atom is -0.481 e. The molecule has 3 rings (SSSR count). The van der Waals surface area contributed by atoms with Crippen LogP contribution in [0.2, 0.25) is 0 Å². The molecule has 0 saturated carbocycles. The van der Waals surface area contributed by atoms with Crippen LogP contribution in [0.4, 0.5) is 4.79 Å². The van der Waals surface area contributed by atoms with Gasteiger partial charge in [0.15, 0.2) is 0 Å². The SMILES string of the molecule is CCCC(CC(=O)O)NC(=O)C(NC(=O)OCC1c2ccccc2-c2ccccc21)C(C)OC. The fourth-order valence-corrected chi connectivity index (χ4v) is 4.37. The number of methoxy groups -OCH3 is 1. The molecule has 0 aromatic heterocycles. The van der Waals surface area contributed by atoms with E-state index in [-0.39, 0.29) is 18.9 Å². The van der Waals surface area contributed by atoms with Crippen molar-refractivity contribution in [2.45, 2.75) is 57.2 Å². The van der Waals surface area contributed by atoms with E-state index in [1.165, 1.54) is 7.11 Å². The van der Waals surface area contributed by atoms with Gasteiger partial charge in [-0.15, -0.1) is 0 Å². The van der Waals surface area contributed by atoms with Crippen molar-refractivity contribution in [1.82, 2.24) is 10.6 Å². The van der Waals surface area contributed by atoms with Gasteiger partial charge >= 0.3 is 12.1 Å². The van der Waals surface area contributed by atoms with E-state index >= 15 is 0 Å². The maximum absolute atomic E-state index is 12.9. The summed E-state index contributed by atoms with van der Waals surface area (Å²) in [5, 5.41) is 14.4. The molecule has 2 aromatic carbocycles. The van der Waals surface area contributed by atoms with Gasteiger partial charge in [0.2, 0.25) is 5.91 Å². The first-order valence-corrected chi connectivity index (χ1v) is 11.5. The number of nitrogens with one attached hydrogen (secondary N) is 2. The highest BCUT2D eigenvalue weighted by atomic mass is 16.5. The summed E-state index contributed by atoms with van der Waals surface area (Å²) in [4.78, 5) is 36.7. The molecule has 0 heterocycles. The van der Waals surface area contributed by atoms with Crippen LogP contribution in [0.15, 0.2) is 48.5 Å². The molecule has 1 aliphatic carbocycles. The van der Waals surface area contributed by atoms with Gasteiger partial charge in [0.25, 0.3) is 0 Å². The maximum atomic E-state index is 12.9. The van der Waals surface area contributed by atoms with Crippen molar-refractivity contribution in [2.24, 2.45) is 0 Å². The fraction of sp³-hybridized carbons (Fsp3) is 0.423. The standard InChI is InChI=1S/C26H32N2O6/c1-4-9-17(14-23(29)30)27-25(31)24(16(2)33-3)28-26(32)34-15-22-20-12-7-5-10-18(20)19-11-6-8-13-21(19)22/h5-8,10-13,16-17,22,24H,4,9,14-15H2,1-3H3,(H,27,31)(H,28,32)(H,29,30). The Morgan fingerprint density at radius 2 is 1.59 bits per heavy atom. The smallest absolute Gasteiger partial charge is 0.407 e. The van der Waals surface area contributed by atoms with E-state index in [0.29, 0.717) is 12.8 Å². The summed E-state index contributed by atoms with van der Waals surface area (Å²) < 4.78 is 10.8. The number of alkyl carbamates (subject to hydrolysis) is 1. The van der Waals surface area contributed by atoms with E-state index < -0.39 is 36.2 Å². The minimum absolute atomic E-state index is 0.102. The summed E-state index contributed by atoms with van der Waals surface area (Å²) >= 11 is 0. The molecule has 1 aliphatic rings. The van der Waals surface area contributed by atoms with Crippen molar-refractivity contribution in [3.05, 3.63) is 59.7 Å². The molecule has 34 heavy (non-hydrogen) atoms. The lowest BCUT2D eigenvalue weighted by Gasteiger charge is -2.26. The lowest BCUT2D eigenvalue weighted by atomic mass is 9.98. The number of hydrogen-bond donors (Lipinski definition) is 3. The molecule has 3 atom stereocenters. The molecule has 3 unspecified atom stereocenters. The Labute approximate surface area is 199 Å². The highest BCUT2D eigenvalue weighted by Crippen LogP contribution is 2.44. The Morgan fingerprint density at radius 1 is 1.00 bits per heavy atom. The number of aliphatic carboxylic acids is 1. The molecule has 0 aliphatic heterocycles. The normalized spacial score (nSPS) is 14.9.